The van der Waals surface area contributed by atoms with E-state index in [2.05, 4.69) is 5.32 Å². The maximum Gasteiger partial charge on any atom is 0.274 e. The van der Waals surface area contributed by atoms with Crippen LogP contribution in [0.5, 0.6) is 0 Å². The van der Waals surface area contributed by atoms with Gasteiger partial charge < -0.3 is 5.32 Å². The van der Waals surface area contributed by atoms with Gasteiger partial charge in [0.25, 0.3) is 5.69 Å². The molecule has 0 aromatic heterocycles. The molecular formula is C13H16N2O3. The van der Waals surface area contributed by atoms with E-state index < -0.39 is 0 Å². The van der Waals surface area contributed by atoms with E-state index in [1.165, 1.54) is 19.4 Å². The maximum atomic E-state index is 11.0. The number of anilines is 1. The highest BCUT2D eigenvalue weighted by Crippen LogP contribution is 2.33. The quantitative estimate of drug-likeness (QED) is 0.657. The zero-order chi connectivity index (χ0) is 13.1. The number of hydrogen-bond donors (Lipinski definition) is 1. The number of nitro groups is 1. The summed E-state index contributed by atoms with van der Waals surface area (Å²) in [5, 5.41) is 13.6. The number of nitro benzene ring substituents is 1. The van der Waals surface area contributed by atoms with Crippen LogP contribution in [0.2, 0.25) is 0 Å². The molecule has 0 atom stereocenters. The molecule has 1 saturated carbocycles. The monoisotopic (exact) mass is 248 g/mol. The Bertz CT molecular complexity index is 481. The number of carbonyl (C=O) groups excluding carboxylic acids is 1. The van der Waals surface area contributed by atoms with Crippen molar-refractivity contribution in [2.24, 2.45) is 5.92 Å². The molecule has 0 spiro atoms. The molecule has 0 bridgehead atoms. The molecule has 1 aliphatic carbocycles. The van der Waals surface area contributed by atoms with Crippen molar-refractivity contribution in [1.29, 1.82) is 0 Å². The summed E-state index contributed by atoms with van der Waals surface area (Å²) >= 11 is 0. The highest BCUT2D eigenvalue weighted by molar-refractivity contribution is 5.89. The molecule has 1 fully saturated rings. The number of carbonyl (C=O) groups is 1. The summed E-state index contributed by atoms with van der Waals surface area (Å²) in [6.45, 7) is 1.38. The Morgan fingerprint density at radius 1 is 1.50 bits per heavy atom. The van der Waals surface area contributed by atoms with E-state index >= 15 is 0 Å². The number of benzene rings is 1. The van der Waals surface area contributed by atoms with E-state index in [4.69, 9.17) is 0 Å². The minimum absolute atomic E-state index is 0.105. The first-order chi connectivity index (χ1) is 8.56. The molecule has 0 unspecified atom stereocenters. The van der Waals surface area contributed by atoms with Gasteiger partial charge in [-0.25, -0.2) is 0 Å². The molecule has 0 heterocycles. The van der Waals surface area contributed by atoms with Gasteiger partial charge in [0.1, 0.15) is 0 Å². The van der Waals surface area contributed by atoms with Crippen molar-refractivity contribution >= 4 is 17.3 Å². The fourth-order valence-electron chi connectivity index (χ4n) is 2.20. The Labute approximate surface area is 105 Å². The number of rotatable bonds is 4. The zero-order valence-corrected chi connectivity index (χ0v) is 10.3. The lowest BCUT2D eigenvalue weighted by atomic mass is 9.80. The maximum absolute atomic E-state index is 11.0. The third kappa shape index (κ3) is 2.85. The molecule has 5 nitrogen and oxygen atoms in total. The molecular weight excluding hydrogens is 232 g/mol. The van der Waals surface area contributed by atoms with Crippen molar-refractivity contribution in [3.05, 3.63) is 33.9 Å². The van der Waals surface area contributed by atoms with Gasteiger partial charge in [-0.05, 0) is 18.4 Å². The number of nitrogens with one attached hydrogen (secondary N) is 1. The zero-order valence-electron chi connectivity index (χ0n) is 10.3. The summed E-state index contributed by atoms with van der Waals surface area (Å²) in [7, 11) is 0. The summed E-state index contributed by atoms with van der Waals surface area (Å²) < 4.78 is 0. The smallest absolute Gasteiger partial charge is 0.274 e. The first kappa shape index (κ1) is 12.5. The first-order valence-electron chi connectivity index (χ1n) is 6.11. The van der Waals surface area contributed by atoms with Crippen LogP contribution in [0.4, 0.5) is 11.4 Å². The molecule has 1 aromatic rings. The Kier molecular flexibility index (Phi) is 3.60. The molecule has 0 saturated heterocycles. The fourth-order valence-corrected chi connectivity index (χ4v) is 2.20. The van der Waals surface area contributed by atoms with Gasteiger partial charge in [-0.1, -0.05) is 25.3 Å². The lowest BCUT2D eigenvalue weighted by molar-refractivity contribution is -0.385. The lowest BCUT2D eigenvalue weighted by Gasteiger charge is -2.25. The molecule has 1 aromatic carbocycles. The summed E-state index contributed by atoms with van der Waals surface area (Å²) in [4.78, 5) is 21.6. The van der Waals surface area contributed by atoms with E-state index in [-0.39, 0.29) is 16.5 Å². The summed E-state index contributed by atoms with van der Waals surface area (Å²) in [6, 6.07) is 4.92. The Morgan fingerprint density at radius 2 is 2.22 bits per heavy atom. The predicted octanol–water partition coefficient (Wildman–Crippen LogP) is 2.90. The minimum Gasteiger partial charge on any atom is -0.326 e. The van der Waals surface area contributed by atoms with Crippen LogP contribution in [0, 0.1) is 16.0 Å². The first-order valence-corrected chi connectivity index (χ1v) is 6.11. The van der Waals surface area contributed by atoms with Gasteiger partial charge in [-0.3, -0.25) is 14.9 Å². The number of nitrogens with zero attached hydrogens (tertiary/aromatic N) is 1. The van der Waals surface area contributed by atoms with Crippen molar-refractivity contribution < 1.29 is 9.72 Å². The van der Waals surface area contributed by atoms with Crippen LogP contribution in [-0.4, -0.2) is 10.8 Å². The SMILES string of the molecule is CC(=O)Nc1ccc(CC2CCC2)c([N+](=O)[O-])c1. The van der Waals surface area contributed by atoms with Gasteiger partial charge >= 0.3 is 0 Å². The largest absolute Gasteiger partial charge is 0.326 e. The van der Waals surface area contributed by atoms with E-state index in [0.717, 1.165) is 24.8 Å². The Balaban J connectivity index is 2.22. The van der Waals surface area contributed by atoms with Crippen molar-refractivity contribution in [1.82, 2.24) is 0 Å². The number of hydrogen-bond acceptors (Lipinski definition) is 3. The van der Waals surface area contributed by atoms with Gasteiger partial charge in [0.05, 0.1) is 4.92 Å². The van der Waals surface area contributed by atoms with E-state index in [9.17, 15) is 14.9 Å². The highest BCUT2D eigenvalue weighted by Gasteiger charge is 2.22. The van der Waals surface area contributed by atoms with E-state index in [0.29, 0.717) is 11.6 Å². The third-order valence-corrected chi connectivity index (χ3v) is 3.34. The topological polar surface area (TPSA) is 72.2 Å². The summed E-state index contributed by atoms with van der Waals surface area (Å²) in [5.74, 6) is 0.353. The van der Waals surface area contributed by atoms with Crippen LogP contribution in [0.1, 0.15) is 31.7 Å². The molecule has 0 radical (unpaired) electrons. The molecule has 18 heavy (non-hydrogen) atoms. The van der Waals surface area contributed by atoms with E-state index in [1.54, 1.807) is 12.1 Å². The lowest BCUT2D eigenvalue weighted by Crippen LogP contribution is -2.15. The fraction of sp³-hybridized carbons (Fsp3) is 0.462. The third-order valence-electron chi connectivity index (χ3n) is 3.34. The average Bonchev–Trinajstić information content (AvgIpc) is 2.23. The standard InChI is InChI=1S/C13H16N2O3/c1-9(16)14-12-6-5-11(7-10-3-2-4-10)13(8-12)15(17)18/h5-6,8,10H,2-4,7H2,1H3,(H,14,16). The highest BCUT2D eigenvalue weighted by atomic mass is 16.6. The van der Waals surface area contributed by atoms with Crippen LogP contribution in [0.15, 0.2) is 18.2 Å². The number of amides is 1. The van der Waals surface area contributed by atoms with Gasteiger partial charge in [0.2, 0.25) is 5.91 Å². The van der Waals surface area contributed by atoms with Crippen LogP contribution < -0.4 is 5.32 Å². The van der Waals surface area contributed by atoms with Crippen molar-refractivity contribution in [3.63, 3.8) is 0 Å². The normalized spacial score (nSPS) is 14.9. The Hall–Kier alpha value is -1.91. The molecule has 96 valence electrons. The second-order valence-electron chi connectivity index (χ2n) is 4.78. The predicted molar refractivity (Wildman–Crippen MR) is 68.4 cm³/mol. The van der Waals surface area contributed by atoms with Gasteiger partial charge in [-0.15, -0.1) is 0 Å². The Morgan fingerprint density at radius 3 is 2.72 bits per heavy atom. The molecule has 2 rings (SSSR count). The van der Waals surface area contributed by atoms with Gasteiger partial charge in [0, 0.05) is 24.2 Å². The van der Waals surface area contributed by atoms with Crippen LogP contribution in [0.3, 0.4) is 0 Å². The van der Waals surface area contributed by atoms with Crippen molar-refractivity contribution in [2.75, 3.05) is 5.32 Å². The van der Waals surface area contributed by atoms with Gasteiger partial charge in [0.15, 0.2) is 0 Å². The molecule has 1 amide bonds. The van der Waals surface area contributed by atoms with Gasteiger partial charge in [-0.2, -0.15) is 0 Å². The molecule has 0 aliphatic heterocycles. The molecule has 1 N–H and O–H groups in total. The van der Waals surface area contributed by atoms with Crippen molar-refractivity contribution in [2.45, 2.75) is 32.6 Å². The minimum atomic E-state index is -0.376. The summed E-state index contributed by atoms with van der Waals surface area (Å²) in [6.07, 6.45) is 4.30. The molecule has 1 aliphatic rings. The summed E-state index contributed by atoms with van der Waals surface area (Å²) in [5.41, 5.74) is 1.35. The van der Waals surface area contributed by atoms with E-state index in [1.807, 2.05) is 0 Å². The van der Waals surface area contributed by atoms with Crippen LogP contribution in [0.25, 0.3) is 0 Å². The van der Waals surface area contributed by atoms with Crippen molar-refractivity contribution in [3.8, 4) is 0 Å². The second kappa shape index (κ2) is 5.16. The second-order valence-corrected chi connectivity index (χ2v) is 4.78. The molecule has 5 heteroatoms. The van der Waals surface area contributed by atoms with Crippen LogP contribution >= 0.6 is 0 Å². The average molecular weight is 248 g/mol. The van der Waals surface area contributed by atoms with Crippen LogP contribution in [-0.2, 0) is 11.2 Å².